The van der Waals surface area contributed by atoms with E-state index in [1.54, 1.807) is 12.3 Å². The molecular weight excluding hydrogens is 454 g/mol. The highest BCUT2D eigenvalue weighted by Crippen LogP contribution is 2.38. The molecule has 2 aromatic heterocycles. The molecule has 9 heteroatoms. The maximum atomic E-state index is 14.1. The molecule has 0 radical (unpaired) electrons. The summed E-state index contributed by atoms with van der Waals surface area (Å²) in [5, 5.41) is 4.08. The van der Waals surface area contributed by atoms with Gasteiger partial charge in [-0.25, -0.2) is 13.8 Å². The third-order valence-electron chi connectivity index (χ3n) is 6.72. The lowest BCUT2D eigenvalue weighted by atomic mass is 10.0. The lowest BCUT2D eigenvalue weighted by Crippen LogP contribution is -2.34. The number of fused-ring (bicyclic) bond motifs is 1. The fourth-order valence-corrected chi connectivity index (χ4v) is 5.05. The van der Waals surface area contributed by atoms with Gasteiger partial charge >= 0.3 is 0 Å². The van der Waals surface area contributed by atoms with Crippen molar-refractivity contribution in [2.75, 3.05) is 24.8 Å². The molecule has 4 heterocycles. The van der Waals surface area contributed by atoms with Crippen LogP contribution in [0.3, 0.4) is 0 Å². The van der Waals surface area contributed by atoms with Gasteiger partial charge in [-0.2, -0.15) is 0 Å². The maximum absolute atomic E-state index is 14.1. The van der Waals surface area contributed by atoms with Crippen molar-refractivity contribution in [1.82, 2.24) is 14.7 Å². The highest BCUT2D eigenvalue weighted by Gasteiger charge is 2.32. The first kappa shape index (κ1) is 21.8. The molecule has 1 saturated heterocycles. The predicted octanol–water partition coefficient (Wildman–Crippen LogP) is 5.60. The second-order valence-electron chi connectivity index (χ2n) is 8.90. The fourth-order valence-electron chi connectivity index (χ4n) is 5.05. The molecule has 4 aromatic rings. The Morgan fingerprint density at radius 1 is 1.06 bits per heavy atom. The Morgan fingerprint density at radius 3 is 2.69 bits per heavy atom. The van der Waals surface area contributed by atoms with Gasteiger partial charge in [-0.1, -0.05) is 11.2 Å². The van der Waals surface area contributed by atoms with E-state index in [1.807, 2.05) is 30.9 Å². The fraction of sp³-hybridized carbons (Fsp3) is 0.308. The van der Waals surface area contributed by atoms with Crippen LogP contribution in [0.2, 0.25) is 0 Å². The summed E-state index contributed by atoms with van der Waals surface area (Å²) in [5.41, 5.74) is 5.08. The molecule has 0 N–H and O–H groups in total. The summed E-state index contributed by atoms with van der Waals surface area (Å²) in [7, 11) is 0. The second kappa shape index (κ2) is 8.49. The van der Waals surface area contributed by atoms with E-state index in [0.717, 1.165) is 51.9 Å². The van der Waals surface area contributed by atoms with E-state index < -0.39 is 11.6 Å². The number of hydrogen-bond donors (Lipinski definition) is 0. The van der Waals surface area contributed by atoms with Gasteiger partial charge in [0, 0.05) is 23.9 Å². The molecule has 2 aliphatic heterocycles. The van der Waals surface area contributed by atoms with E-state index in [2.05, 4.69) is 21.9 Å². The highest BCUT2D eigenvalue weighted by atomic mass is 19.2. The van der Waals surface area contributed by atoms with Crippen molar-refractivity contribution in [1.29, 1.82) is 0 Å². The number of nitrogens with zero attached hydrogens (tertiary/aromatic N) is 4. The average molecular weight is 478 g/mol. The van der Waals surface area contributed by atoms with Crippen LogP contribution in [-0.4, -0.2) is 34.7 Å². The SMILES string of the molecule is Cc1noc(C)c1-c1ccc2c(c1)nc([C@@H]1C=COCN1c1ccc(F)c(F)c1)n2[C@@H]1CCOC1. The van der Waals surface area contributed by atoms with Crippen LogP contribution >= 0.6 is 0 Å². The zero-order valence-corrected chi connectivity index (χ0v) is 19.4. The average Bonchev–Trinajstić information content (AvgIpc) is 3.59. The molecule has 2 atom stereocenters. The third-order valence-corrected chi connectivity index (χ3v) is 6.72. The number of benzene rings is 2. The van der Waals surface area contributed by atoms with Crippen LogP contribution in [0.1, 0.15) is 35.8 Å². The Hall–Kier alpha value is -3.72. The van der Waals surface area contributed by atoms with E-state index in [4.69, 9.17) is 19.0 Å². The minimum Gasteiger partial charge on any atom is -0.481 e. The Morgan fingerprint density at radius 2 is 1.94 bits per heavy atom. The number of halogens is 2. The number of anilines is 1. The highest BCUT2D eigenvalue weighted by molar-refractivity contribution is 5.84. The molecule has 6 rings (SSSR count). The van der Waals surface area contributed by atoms with Crippen LogP contribution in [0.25, 0.3) is 22.2 Å². The van der Waals surface area contributed by atoms with Gasteiger partial charge in [0.25, 0.3) is 0 Å². The van der Waals surface area contributed by atoms with Crippen LogP contribution in [0.5, 0.6) is 0 Å². The van der Waals surface area contributed by atoms with Crippen LogP contribution in [0, 0.1) is 25.5 Å². The van der Waals surface area contributed by atoms with Crippen molar-refractivity contribution in [3.05, 3.63) is 77.6 Å². The topological polar surface area (TPSA) is 65.6 Å². The van der Waals surface area contributed by atoms with Crippen molar-refractivity contribution < 1.29 is 22.8 Å². The predicted molar refractivity (Wildman–Crippen MR) is 126 cm³/mol. The van der Waals surface area contributed by atoms with E-state index in [1.165, 1.54) is 6.07 Å². The zero-order valence-electron chi connectivity index (χ0n) is 19.4. The van der Waals surface area contributed by atoms with Crippen molar-refractivity contribution in [3.8, 4) is 11.1 Å². The summed E-state index contributed by atoms with van der Waals surface area (Å²) in [6.07, 6.45) is 4.38. The van der Waals surface area contributed by atoms with Gasteiger partial charge in [-0.3, -0.25) is 0 Å². The van der Waals surface area contributed by atoms with Crippen LogP contribution in [0.15, 0.2) is 53.3 Å². The van der Waals surface area contributed by atoms with Gasteiger partial charge < -0.3 is 23.5 Å². The Balaban J connectivity index is 1.51. The molecule has 0 amide bonds. The summed E-state index contributed by atoms with van der Waals surface area (Å²) < 4.78 is 46.6. The van der Waals surface area contributed by atoms with Crippen LogP contribution in [-0.2, 0) is 9.47 Å². The van der Waals surface area contributed by atoms with Gasteiger partial charge in [-0.15, -0.1) is 0 Å². The molecule has 0 spiro atoms. The minimum atomic E-state index is -0.905. The van der Waals surface area contributed by atoms with Gasteiger partial charge in [0.05, 0.1) is 35.6 Å². The standard InChI is InChI=1S/C26H24F2N4O3/c1-15-25(16(2)35-30-15)17-3-6-23-22(11-17)29-26(32(23)19-7-9-33-13-19)24-8-10-34-14-31(24)18-4-5-20(27)21(28)12-18/h3-6,8,10-12,19,24H,7,9,13-14H2,1-2H3/t19-,24+/m1/s1. The second-order valence-corrected chi connectivity index (χ2v) is 8.90. The summed E-state index contributed by atoms with van der Waals surface area (Å²) in [5.74, 6) is -0.253. The van der Waals surface area contributed by atoms with E-state index in [0.29, 0.717) is 18.9 Å². The van der Waals surface area contributed by atoms with Gasteiger partial charge in [-0.05, 0) is 56.2 Å². The molecule has 0 bridgehead atoms. The van der Waals surface area contributed by atoms with Crippen LogP contribution < -0.4 is 4.90 Å². The Bertz CT molecular complexity index is 1420. The zero-order chi connectivity index (χ0) is 24.1. The van der Waals surface area contributed by atoms with Crippen molar-refractivity contribution in [2.45, 2.75) is 32.4 Å². The van der Waals surface area contributed by atoms with Crippen molar-refractivity contribution in [3.63, 3.8) is 0 Å². The quantitative estimate of drug-likeness (QED) is 0.381. The van der Waals surface area contributed by atoms with Gasteiger partial charge in [0.1, 0.15) is 17.6 Å². The molecule has 2 aliphatic rings. The Kier molecular flexibility index (Phi) is 5.29. The number of ether oxygens (including phenoxy) is 2. The summed E-state index contributed by atoms with van der Waals surface area (Å²) in [4.78, 5) is 6.93. The lowest BCUT2D eigenvalue weighted by Gasteiger charge is -2.34. The first-order valence-corrected chi connectivity index (χ1v) is 11.5. The number of hydrogen-bond acceptors (Lipinski definition) is 6. The number of aryl methyl sites for hydroxylation is 2. The smallest absolute Gasteiger partial charge is 0.161 e. The Labute approximate surface area is 200 Å². The van der Waals surface area contributed by atoms with E-state index >= 15 is 0 Å². The minimum absolute atomic E-state index is 0.114. The molecule has 0 aliphatic carbocycles. The number of rotatable bonds is 4. The largest absolute Gasteiger partial charge is 0.481 e. The number of imidazole rings is 1. The summed E-state index contributed by atoms with van der Waals surface area (Å²) >= 11 is 0. The van der Waals surface area contributed by atoms with Gasteiger partial charge in [0.2, 0.25) is 0 Å². The van der Waals surface area contributed by atoms with Crippen molar-refractivity contribution in [2.24, 2.45) is 0 Å². The lowest BCUT2D eigenvalue weighted by molar-refractivity contribution is 0.186. The summed E-state index contributed by atoms with van der Waals surface area (Å²) in [6.45, 7) is 5.26. The molecular formula is C26H24F2N4O3. The van der Waals surface area contributed by atoms with Gasteiger partial charge in [0.15, 0.2) is 18.4 Å². The molecule has 35 heavy (non-hydrogen) atoms. The monoisotopic (exact) mass is 478 g/mol. The number of aromatic nitrogens is 3. The molecule has 2 aromatic carbocycles. The van der Waals surface area contributed by atoms with Crippen molar-refractivity contribution >= 4 is 16.7 Å². The van der Waals surface area contributed by atoms with Crippen LogP contribution in [0.4, 0.5) is 14.5 Å². The molecule has 7 nitrogen and oxygen atoms in total. The third kappa shape index (κ3) is 3.67. The molecule has 0 unspecified atom stereocenters. The first-order valence-electron chi connectivity index (χ1n) is 11.5. The summed E-state index contributed by atoms with van der Waals surface area (Å²) in [6, 6.07) is 9.80. The molecule has 180 valence electrons. The van der Waals surface area contributed by atoms with E-state index in [-0.39, 0.29) is 18.8 Å². The van der Waals surface area contributed by atoms with E-state index in [9.17, 15) is 8.78 Å². The normalized spacial score (nSPS) is 20.1. The molecule has 1 fully saturated rings. The maximum Gasteiger partial charge on any atom is 0.161 e. The first-order chi connectivity index (χ1) is 17.0. The molecule has 0 saturated carbocycles.